The van der Waals surface area contributed by atoms with E-state index in [1.807, 2.05) is 0 Å². The third-order valence-corrected chi connectivity index (χ3v) is 3.05. The van der Waals surface area contributed by atoms with Gasteiger partial charge in [0.2, 0.25) is 5.91 Å². The Bertz CT molecular complexity index is 218. The fourth-order valence-corrected chi connectivity index (χ4v) is 1.95. The van der Waals surface area contributed by atoms with Crippen molar-refractivity contribution in [3.05, 3.63) is 0 Å². The van der Waals surface area contributed by atoms with Gasteiger partial charge < -0.3 is 15.8 Å². The number of amides is 1. The molecule has 1 rings (SSSR count). The molecule has 0 bridgehead atoms. The number of hydrogen-bond acceptors (Lipinski definition) is 4. The lowest BCUT2D eigenvalue weighted by Crippen LogP contribution is -2.41. The number of rotatable bonds is 7. The second kappa shape index (κ2) is 8.44. The van der Waals surface area contributed by atoms with Crippen LogP contribution in [0.2, 0.25) is 0 Å². The number of ether oxygens (including phenoxy) is 1. The summed E-state index contributed by atoms with van der Waals surface area (Å²) in [5.41, 5.74) is 5.45. The van der Waals surface area contributed by atoms with E-state index in [4.69, 9.17) is 10.5 Å². The van der Waals surface area contributed by atoms with Crippen LogP contribution in [0.25, 0.3) is 0 Å². The molecule has 1 heterocycles. The van der Waals surface area contributed by atoms with E-state index in [0.717, 1.165) is 45.8 Å². The molecule has 100 valence electrons. The molecule has 5 heteroatoms. The molecule has 3 N–H and O–H groups in total. The first-order chi connectivity index (χ1) is 8.22. The molecule has 0 saturated carbocycles. The topological polar surface area (TPSA) is 67.6 Å². The van der Waals surface area contributed by atoms with Crippen LogP contribution in [0.4, 0.5) is 0 Å². The van der Waals surface area contributed by atoms with Gasteiger partial charge in [0.05, 0.1) is 13.2 Å². The number of carbonyl (C=O) groups excluding carboxylic acids is 1. The minimum absolute atomic E-state index is 0.138. The van der Waals surface area contributed by atoms with Crippen LogP contribution in [0.3, 0.4) is 0 Å². The molecule has 0 spiro atoms. The summed E-state index contributed by atoms with van der Waals surface area (Å²) in [4.78, 5) is 13.9. The van der Waals surface area contributed by atoms with E-state index >= 15 is 0 Å². The van der Waals surface area contributed by atoms with Gasteiger partial charge in [0.25, 0.3) is 0 Å². The fraction of sp³-hybridized carbons (Fsp3) is 0.917. The quantitative estimate of drug-likeness (QED) is 0.650. The lowest BCUT2D eigenvalue weighted by molar-refractivity contribution is -0.122. The molecule has 0 aromatic heterocycles. The van der Waals surface area contributed by atoms with Gasteiger partial charge in [-0.3, -0.25) is 9.69 Å². The summed E-state index contributed by atoms with van der Waals surface area (Å²) in [7, 11) is 0. The van der Waals surface area contributed by atoms with Gasteiger partial charge >= 0.3 is 0 Å². The van der Waals surface area contributed by atoms with Crippen molar-refractivity contribution in [3.8, 4) is 0 Å². The molecule has 1 amide bonds. The molecular weight excluding hydrogens is 218 g/mol. The van der Waals surface area contributed by atoms with Gasteiger partial charge in [0.15, 0.2) is 0 Å². The average molecular weight is 243 g/mol. The smallest absolute Gasteiger partial charge is 0.220 e. The summed E-state index contributed by atoms with van der Waals surface area (Å²) in [5, 5.41) is 2.96. The molecule has 1 atom stereocenters. The van der Waals surface area contributed by atoms with Crippen molar-refractivity contribution in [1.82, 2.24) is 10.2 Å². The van der Waals surface area contributed by atoms with Crippen molar-refractivity contribution in [2.75, 3.05) is 45.9 Å². The molecule has 1 unspecified atom stereocenters. The lowest BCUT2D eigenvalue weighted by Gasteiger charge is -2.26. The number of hydrogen-bond donors (Lipinski definition) is 2. The molecule has 1 aliphatic heterocycles. The molecule has 1 saturated heterocycles. The third kappa shape index (κ3) is 6.61. The second-order valence-corrected chi connectivity index (χ2v) is 4.69. The molecular formula is C12H25N3O2. The standard InChI is InChI=1S/C12H25N3O2/c1-11(2-3-13)10-12(16)14-4-5-15-6-8-17-9-7-15/h11H,2-10,13H2,1H3,(H,14,16). The highest BCUT2D eigenvalue weighted by molar-refractivity contribution is 5.76. The van der Waals surface area contributed by atoms with E-state index in [0.29, 0.717) is 18.9 Å². The van der Waals surface area contributed by atoms with Crippen LogP contribution in [-0.2, 0) is 9.53 Å². The van der Waals surface area contributed by atoms with E-state index in [9.17, 15) is 4.79 Å². The Labute approximate surface area is 104 Å². The van der Waals surface area contributed by atoms with Crippen molar-refractivity contribution in [3.63, 3.8) is 0 Å². The van der Waals surface area contributed by atoms with Gasteiger partial charge in [0.1, 0.15) is 0 Å². The predicted octanol–water partition coefficient (Wildman–Crippen LogP) is -0.190. The summed E-state index contributed by atoms with van der Waals surface area (Å²) in [6.45, 7) is 7.92. The van der Waals surface area contributed by atoms with E-state index in [1.165, 1.54) is 0 Å². The van der Waals surface area contributed by atoms with Crippen LogP contribution in [0.15, 0.2) is 0 Å². The zero-order valence-electron chi connectivity index (χ0n) is 10.8. The van der Waals surface area contributed by atoms with E-state index in [1.54, 1.807) is 0 Å². The highest BCUT2D eigenvalue weighted by Crippen LogP contribution is 2.05. The minimum Gasteiger partial charge on any atom is -0.379 e. The predicted molar refractivity (Wildman–Crippen MR) is 67.7 cm³/mol. The van der Waals surface area contributed by atoms with Crippen LogP contribution in [-0.4, -0.2) is 56.7 Å². The first-order valence-corrected chi connectivity index (χ1v) is 6.49. The summed E-state index contributed by atoms with van der Waals surface area (Å²) >= 11 is 0. The zero-order valence-corrected chi connectivity index (χ0v) is 10.8. The Morgan fingerprint density at radius 1 is 1.47 bits per heavy atom. The van der Waals surface area contributed by atoms with Crippen molar-refractivity contribution in [2.45, 2.75) is 19.8 Å². The van der Waals surface area contributed by atoms with Crippen LogP contribution in [0.1, 0.15) is 19.8 Å². The Morgan fingerprint density at radius 3 is 2.82 bits per heavy atom. The lowest BCUT2D eigenvalue weighted by atomic mass is 10.0. The Hall–Kier alpha value is -0.650. The van der Waals surface area contributed by atoms with E-state index in [-0.39, 0.29) is 5.91 Å². The number of nitrogens with one attached hydrogen (secondary N) is 1. The van der Waals surface area contributed by atoms with Gasteiger partial charge in [-0.25, -0.2) is 0 Å². The molecule has 5 nitrogen and oxygen atoms in total. The van der Waals surface area contributed by atoms with Gasteiger partial charge in [0, 0.05) is 32.6 Å². The second-order valence-electron chi connectivity index (χ2n) is 4.69. The zero-order chi connectivity index (χ0) is 12.5. The summed E-state index contributed by atoms with van der Waals surface area (Å²) in [6.07, 6.45) is 1.50. The van der Waals surface area contributed by atoms with Gasteiger partial charge in [-0.1, -0.05) is 6.92 Å². The summed E-state index contributed by atoms with van der Waals surface area (Å²) in [6, 6.07) is 0. The molecule has 17 heavy (non-hydrogen) atoms. The molecule has 0 aromatic rings. The van der Waals surface area contributed by atoms with Crippen LogP contribution >= 0.6 is 0 Å². The monoisotopic (exact) mass is 243 g/mol. The molecule has 0 radical (unpaired) electrons. The summed E-state index contributed by atoms with van der Waals surface area (Å²) < 4.78 is 5.27. The van der Waals surface area contributed by atoms with Crippen LogP contribution < -0.4 is 11.1 Å². The first kappa shape index (κ1) is 14.4. The molecule has 0 aromatic carbocycles. The van der Waals surface area contributed by atoms with E-state index in [2.05, 4.69) is 17.1 Å². The third-order valence-electron chi connectivity index (χ3n) is 3.05. The van der Waals surface area contributed by atoms with Crippen LogP contribution in [0.5, 0.6) is 0 Å². The van der Waals surface area contributed by atoms with Gasteiger partial charge in [-0.2, -0.15) is 0 Å². The Balaban J connectivity index is 2.03. The maximum absolute atomic E-state index is 11.6. The number of carbonyl (C=O) groups is 1. The van der Waals surface area contributed by atoms with Crippen molar-refractivity contribution in [2.24, 2.45) is 11.7 Å². The highest BCUT2D eigenvalue weighted by Gasteiger charge is 2.11. The van der Waals surface area contributed by atoms with Crippen molar-refractivity contribution < 1.29 is 9.53 Å². The molecule has 0 aliphatic carbocycles. The van der Waals surface area contributed by atoms with Gasteiger partial charge in [-0.15, -0.1) is 0 Å². The largest absolute Gasteiger partial charge is 0.379 e. The van der Waals surface area contributed by atoms with Crippen molar-refractivity contribution in [1.29, 1.82) is 0 Å². The Kier molecular flexibility index (Phi) is 7.16. The van der Waals surface area contributed by atoms with Gasteiger partial charge in [-0.05, 0) is 18.9 Å². The number of nitrogens with zero attached hydrogens (tertiary/aromatic N) is 1. The van der Waals surface area contributed by atoms with Crippen molar-refractivity contribution >= 4 is 5.91 Å². The molecule has 1 fully saturated rings. The SMILES string of the molecule is CC(CCN)CC(=O)NCCN1CCOCC1. The maximum Gasteiger partial charge on any atom is 0.220 e. The number of morpholine rings is 1. The maximum atomic E-state index is 11.6. The summed E-state index contributed by atoms with van der Waals surface area (Å²) in [5.74, 6) is 0.516. The molecule has 1 aliphatic rings. The highest BCUT2D eigenvalue weighted by atomic mass is 16.5. The fourth-order valence-electron chi connectivity index (χ4n) is 1.95. The normalized spacial score (nSPS) is 18.9. The average Bonchev–Trinajstić information content (AvgIpc) is 2.30. The van der Waals surface area contributed by atoms with Crippen LogP contribution in [0, 0.1) is 5.92 Å². The van der Waals surface area contributed by atoms with E-state index < -0.39 is 0 Å². The number of nitrogens with two attached hydrogens (primary N) is 1. The first-order valence-electron chi connectivity index (χ1n) is 6.49. The Morgan fingerprint density at radius 2 is 2.18 bits per heavy atom. The minimum atomic E-state index is 0.138.